The molecule has 1 aliphatic heterocycles. The van der Waals surface area contributed by atoms with E-state index in [1.807, 2.05) is 17.0 Å². The first-order chi connectivity index (χ1) is 10.6. The van der Waals surface area contributed by atoms with Crippen molar-refractivity contribution in [2.24, 2.45) is 0 Å². The average molecular weight is 323 g/mol. The minimum absolute atomic E-state index is 0.000390. The van der Waals surface area contributed by atoms with Gasteiger partial charge in [-0.05, 0) is 49.9 Å². The molecule has 1 aromatic carbocycles. The molecule has 22 heavy (non-hydrogen) atoms. The second kappa shape index (κ2) is 7.98. The Morgan fingerprint density at radius 2 is 1.91 bits per heavy atom. The third-order valence-electron chi connectivity index (χ3n) is 4.84. The summed E-state index contributed by atoms with van der Waals surface area (Å²) >= 11 is 6.00. The molecule has 1 heterocycles. The molecule has 1 amide bonds. The van der Waals surface area contributed by atoms with Gasteiger partial charge in [-0.2, -0.15) is 0 Å². The molecule has 1 N–H and O–H groups in total. The third kappa shape index (κ3) is 4.02. The van der Waals surface area contributed by atoms with Gasteiger partial charge >= 0.3 is 0 Å². The summed E-state index contributed by atoms with van der Waals surface area (Å²) in [6, 6.07) is 8.15. The van der Waals surface area contributed by atoms with Crippen molar-refractivity contribution in [1.29, 1.82) is 0 Å². The van der Waals surface area contributed by atoms with E-state index in [2.05, 4.69) is 31.3 Å². The number of rotatable bonds is 8. The topological polar surface area (TPSA) is 32.3 Å². The van der Waals surface area contributed by atoms with Crippen LogP contribution in [0, 0.1) is 0 Å². The summed E-state index contributed by atoms with van der Waals surface area (Å²) in [6.07, 6.45) is 4.82. The molecule has 0 spiro atoms. The van der Waals surface area contributed by atoms with Gasteiger partial charge in [-0.3, -0.25) is 4.79 Å². The summed E-state index contributed by atoms with van der Waals surface area (Å²) in [7, 11) is 0. The minimum atomic E-state index is -0.000390. The Hall–Kier alpha value is -1.06. The van der Waals surface area contributed by atoms with Gasteiger partial charge < -0.3 is 10.2 Å². The van der Waals surface area contributed by atoms with Crippen LogP contribution in [0.4, 0.5) is 0 Å². The first-order valence-electron chi connectivity index (χ1n) is 8.40. The summed E-state index contributed by atoms with van der Waals surface area (Å²) in [6.45, 7) is 7.16. The molecule has 4 heteroatoms. The van der Waals surface area contributed by atoms with E-state index in [9.17, 15) is 4.79 Å². The number of likely N-dealkylation sites (tertiary alicyclic amines) is 1. The maximum absolute atomic E-state index is 11.6. The van der Waals surface area contributed by atoms with E-state index in [1.165, 1.54) is 5.56 Å². The molecule has 1 aliphatic rings. The van der Waals surface area contributed by atoms with Crippen LogP contribution in [0.15, 0.2) is 24.3 Å². The highest BCUT2D eigenvalue weighted by Crippen LogP contribution is 2.29. The Morgan fingerprint density at radius 1 is 1.23 bits per heavy atom. The zero-order valence-electron chi connectivity index (χ0n) is 13.7. The van der Waals surface area contributed by atoms with Gasteiger partial charge in [0, 0.05) is 30.1 Å². The lowest BCUT2D eigenvalue weighted by molar-refractivity contribution is -0.127. The van der Waals surface area contributed by atoms with Gasteiger partial charge in [0.1, 0.15) is 0 Å². The van der Waals surface area contributed by atoms with E-state index < -0.39 is 0 Å². The van der Waals surface area contributed by atoms with Crippen molar-refractivity contribution in [2.75, 3.05) is 19.6 Å². The van der Waals surface area contributed by atoms with Gasteiger partial charge in [0.15, 0.2) is 0 Å². The fourth-order valence-corrected chi connectivity index (χ4v) is 3.44. The van der Waals surface area contributed by atoms with Gasteiger partial charge in [0.2, 0.25) is 5.91 Å². The average Bonchev–Trinajstić information content (AvgIpc) is 2.94. The number of nitrogens with zero attached hydrogens (tertiary/aromatic N) is 1. The summed E-state index contributed by atoms with van der Waals surface area (Å²) in [5.41, 5.74) is 1.29. The third-order valence-corrected chi connectivity index (χ3v) is 5.10. The number of benzene rings is 1. The van der Waals surface area contributed by atoms with Crippen LogP contribution in [0.3, 0.4) is 0 Å². The number of hydrogen-bond acceptors (Lipinski definition) is 2. The number of halogens is 1. The largest absolute Gasteiger partial charge is 0.343 e. The van der Waals surface area contributed by atoms with E-state index in [1.54, 1.807) is 0 Å². The lowest BCUT2D eigenvalue weighted by atomic mass is 9.84. The summed E-state index contributed by atoms with van der Waals surface area (Å²) in [5, 5.41) is 4.50. The van der Waals surface area contributed by atoms with Gasteiger partial charge in [-0.15, -0.1) is 0 Å². The maximum Gasteiger partial charge on any atom is 0.222 e. The lowest BCUT2D eigenvalue weighted by Gasteiger charge is -2.34. The fourth-order valence-electron chi connectivity index (χ4n) is 3.32. The highest BCUT2D eigenvalue weighted by molar-refractivity contribution is 6.30. The second-order valence-electron chi connectivity index (χ2n) is 6.06. The van der Waals surface area contributed by atoms with Gasteiger partial charge in [0.05, 0.1) is 0 Å². The second-order valence-corrected chi connectivity index (χ2v) is 6.50. The number of nitrogens with one attached hydrogen (secondary N) is 1. The summed E-state index contributed by atoms with van der Waals surface area (Å²) in [5.74, 6) is 0.315. The van der Waals surface area contributed by atoms with Crippen molar-refractivity contribution in [3.63, 3.8) is 0 Å². The molecule has 1 saturated heterocycles. The van der Waals surface area contributed by atoms with Crippen LogP contribution in [0.5, 0.6) is 0 Å². The monoisotopic (exact) mass is 322 g/mol. The Morgan fingerprint density at radius 3 is 2.45 bits per heavy atom. The lowest BCUT2D eigenvalue weighted by Crippen LogP contribution is -2.42. The Labute approximate surface area is 139 Å². The molecule has 0 bridgehead atoms. The number of carbonyl (C=O) groups is 1. The SMILES string of the molecule is CCC(CC)(NCCCN1CCCC1=O)c1ccc(Cl)cc1. The molecule has 1 fully saturated rings. The molecular weight excluding hydrogens is 296 g/mol. The standard InChI is InChI=1S/C18H27ClN2O/c1-3-18(4-2,15-8-10-16(19)11-9-15)20-12-6-14-21-13-5-7-17(21)22/h8-11,20H,3-7,12-14H2,1-2H3. The quantitative estimate of drug-likeness (QED) is 0.735. The molecule has 0 unspecified atom stereocenters. The zero-order valence-corrected chi connectivity index (χ0v) is 14.5. The van der Waals surface area contributed by atoms with Crippen LogP contribution in [0.2, 0.25) is 5.02 Å². The molecule has 0 aliphatic carbocycles. The number of hydrogen-bond donors (Lipinski definition) is 1. The Bertz CT molecular complexity index is 482. The van der Waals surface area contributed by atoms with Crippen LogP contribution in [0.1, 0.15) is 51.5 Å². The summed E-state index contributed by atoms with van der Waals surface area (Å²) < 4.78 is 0. The van der Waals surface area contributed by atoms with Gasteiger partial charge in [-0.1, -0.05) is 37.6 Å². The van der Waals surface area contributed by atoms with E-state index in [-0.39, 0.29) is 5.54 Å². The molecule has 0 aromatic heterocycles. The first kappa shape index (κ1) is 17.3. The molecule has 2 rings (SSSR count). The van der Waals surface area contributed by atoms with E-state index in [0.717, 1.165) is 56.8 Å². The first-order valence-corrected chi connectivity index (χ1v) is 8.78. The van der Waals surface area contributed by atoms with Crippen molar-refractivity contribution in [1.82, 2.24) is 10.2 Å². The van der Waals surface area contributed by atoms with E-state index in [0.29, 0.717) is 5.91 Å². The molecule has 1 aromatic rings. The Balaban J connectivity index is 1.90. The molecule has 0 radical (unpaired) electrons. The normalized spacial score (nSPS) is 15.6. The van der Waals surface area contributed by atoms with Crippen molar-refractivity contribution >= 4 is 17.5 Å². The van der Waals surface area contributed by atoms with Crippen molar-refractivity contribution < 1.29 is 4.79 Å². The van der Waals surface area contributed by atoms with Gasteiger partial charge in [-0.25, -0.2) is 0 Å². The predicted octanol–water partition coefficient (Wildman–Crippen LogP) is 3.96. The highest BCUT2D eigenvalue weighted by Gasteiger charge is 2.27. The highest BCUT2D eigenvalue weighted by atomic mass is 35.5. The fraction of sp³-hybridized carbons (Fsp3) is 0.611. The smallest absolute Gasteiger partial charge is 0.222 e. The van der Waals surface area contributed by atoms with Crippen LogP contribution in [0.25, 0.3) is 0 Å². The van der Waals surface area contributed by atoms with Gasteiger partial charge in [0.25, 0.3) is 0 Å². The Kier molecular flexibility index (Phi) is 6.27. The van der Waals surface area contributed by atoms with Crippen LogP contribution in [-0.4, -0.2) is 30.4 Å². The van der Waals surface area contributed by atoms with E-state index >= 15 is 0 Å². The minimum Gasteiger partial charge on any atom is -0.343 e. The summed E-state index contributed by atoms with van der Waals surface area (Å²) in [4.78, 5) is 13.6. The number of carbonyl (C=O) groups excluding carboxylic acids is 1. The molecule has 122 valence electrons. The molecule has 3 nitrogen and oxygen atoms in total. The van der Waals surface area contributed by atoms with Crippen LogP contribution >= 0.6 is 11.6 Å². The molecular formula is C18H27ClN2O. The molecule has 0 saturated carbocycles. The zero-order chi connectivity index (χ0) is 16.0. The van der Waals surface area contributed by atoms with Crippen LogP contribution in [-0.2, 0) is 10.3 Å². The van der Waals surface area contributed by atoms with Crippen molar-refractivity contribution in [3.8, 4) is 0 Å². The number of amides is 1. The van der Waals surface area contributed by atoms with Crippen LogP contribution < -0.4 is 5.32 Å². The van der Waals surface area contributed by atoms with E-state index in [4.69, 9.17) is 11.6 Å². The van der Waals surface area contributed by atoms with Crippen molar-refractivity contribution in [3.05, 3.63) is 34.9 Å². The maximum atomic E-state index is 11.6. The molecule has 0 atom stereocenters. The van der Waals surface area contributed by atoms with Crippen molar-refractivity contribution in [2.45, 2.75) is 51.5 Å². The predicted molar refractivity (Wildman–Crippen MR) is 92.1 cm³/mol.